The van der Waals surface area contributed by atoms with Gasteiger partial charge in [0.15, 0.2) is 0 Å². The maximum Gasteiger partial charge on any atom is 0.273 e. The molecule has 6 nitrogen and oxygen atoms in total. The fourth-order valence-electron chi connectivity index (χ4n) is 4.16. The van der Waals surface area contributed by atoms with Gasteiger partial charge in [0.25, 0.3) is 5.91 Å². The van der Waals surface area contributed by atoms with E-state index in [2.05, 4.69) is 5.10 Å². The van der Waals surface area contributed by atoms with Crippen LogP contribution in [0.2, 0.25) is 5.02 Å². The third-order valence-corrected chi connectivity index (χ3v) is 6.01. The average Bonchev–Trinajstić information content (AvgIpc) is 3.17. The van der Waals surface area contributed by atoms with E-state index < -0.39 is 0 Å². The van der Waals surface area contributed by atoms with Crippen molar-refractivity contribution < 1.29 is 9.59 Å². The van der Waals surface area contributed by atoms with Crippen molar-refractivity contribution in [1.82, 2.24) is 19.6 Å². The monoisotopic (exact) mass is 350 g/mol. The highest BCUT2D eigenvalue weighted by atomic mass is 35.5. The molecule has 4 rings (SSSR count). The molecular formula is C17H23ClN4O2. The second kappa shape index (κ2) is 5.76. The molecular weight excluding hydrogens is 328 g/mol. The van der Waals surface area contributed by atoms with E-state index in [9.17, 15) is 9.59 Å². The molecule has 2 amide bonds. The average molecular weight is 351 g/mol. The van der Waals surface area contributed by atoms with Gasteiger partial charge in [0.05, 0.1) is 16.6 Å². The van der Waals surface area contributed by atoms with Gasteiger partial charge in [-0.2, -0.15) is 5.10 Å². The van der Waals surface area contributed by atoms with Crippen LogP contribution in [0.1, 0.15) is 42.6 Å². The van der Waals surface area contributed by atoms with Crippen molar-refractivity contribution in [1.29, 1.82) is 0 Å². The van der Waals surface area contributed by atoms with Crippen molar-refractivity contribution in [3.8, 4) is 0 Å². The predicted molar refractivity (Wildman–Crippen MR) is 89.7 cm³/mol. The largest absolute Gasteiger partial charge is 0.342 e. The van der Waals surface area contributed by atoms with Gasteiger partial charge in [-0.15, -0.1) is 0 Å². The Hall–Kier alpha value is -1.56. The number of nitrogens with zero attached hydrogens (tertiary/aromatic N) is 4. The molecule has 0 aromatic carbocycles. The van der Waals surface area contributed by atoms with Crippen LogP contribution >= 0.6 is 11.6 Å². The molecule has 24 heavy (non-hydrogen) atoms. The Morgan fingerprint density at radius 1 is 1.38 bits per heavy atom. The summed E-state index contributed by atoms with van der Waals surface area (Å²) in [5.41, 5.74) is 0.0280. The highest BCUT2D eigenvalue weighted by molar-refractivity contribution is 6.33. The van der Waals surface area contributed by atoms with Crippen molar-refractivity contribution in [2.75, 3.05) is 26.2 Å². The molecule has 0 N–H and O–H groups in total. The number of rotatable bonds is 3. The van der Waals surface area contributed by atoms with E-state index in [0.717, 1.165) is 32.4 Å². The predicted octanol–water partition coefficient (Wildman–Crippen LogP) is 1.94. The van der Waals surface area contributed by atoms with Crippen molar-refractivity contribution in [2.24, 2.45) is 18.4 Å². The Kier molecular flexibility index (Phi) is 3.82. The number of amides is 2. The van der Waals surface area contributed by atoms with Gasteiger partial charge in [0.1, 0.15) is 5.69 Å². The van der Waals surface area contributed by atoms with Gasteiger partial charge in [0.2, 0.25) is 5.91 Å². The fraction of sp³-hybridized carbons (Fsp3) is 0.706. The Morgan fingerprint density at radius 3 is 2.83 bits per heavy atom. The number of hydrogen-bond donors (Lipinski definition) is 0. The second-order valence-electron chi connectivity index (χ2n) is 7.52. The highest BCUT2D eigenvalue weighted by Crippen LogP contribution is 2.42. The summed E-state index contributed by atoms with van der Waals surface area (Å²) in [5.74, 6) is 0.840. The van der Waals surface area contributed by atoms with Crippen molar-refractivity contribution in [2.45, 2.75) is 32.1 Å². The molecule has 1 aromatic rings. The summed E-state index contributed by atoms with van der Waals surface area (Å²) >= 11 is 6.11. The Morgan fingerprint density at radius 2 is 2.17 bits per heavy atom. The van der Waals surface area contributed by atoms with E-state index in [1.54, 1.807) is 11.9 Å². The van der Waals surface area contributed by atoms with Crippen LogP contribution in [-0.4, -0.2) is 57.6 Å². The van der Waals surface area contributed by atoms with Crippen LogP contribution < -0.4 is 0 Å². The summed E-state index contributed by atoms with van der Waals surface area (Å²) in [7, 11) is 1.72. The van der Waals surface area contributed by atoms with Crippen molar-refractivity contribution >= 4 is 23.4 Å². The van der Waals surface area contributed by atoms with Crippen LogP contribution in [-0.2, 0) is 11.8 Å². The molecule has 1 saturated carbocycles. The number of piperidine rings is 1. The highest BCUT2D eigenvalue weighted by Gasteiger charge is 2.50. The summed E-state index contributed by atoms with van der Waals surface area (Å²) in [6.45, 7) is 2.90. The van der Waals surface area contributed by atoms with Crippen LogP contribution in [0.3, 0.4) is 0 Å². The lowest BCUT2D eigenvalue weighted by molar-refractivity contribution is -0.145. The second-order valence-corrected chi connectivity index (χ2v) is 7.93. The zero-order chi connectivity index (χ0) is 16.9. The minimum Gasteiger partial charge on any atom is -0.342 e. The van der Waals surface area contributed by atoms with E-state index in [1.165, 1.54) is 23.7 Å². The van der Waals surface area contributed by atoms with Gasteiger partial charge in [-0.25, -0.2) is 0 Å². The fourth-order valence-corrected chi connectivity index (χ4v) is 4.41. The number of aryl methyl sites for hydroxylation is 1. The molecule has 2 saturated heterocycles. The first-order valence-electron chi connectivity index (χ1n) is 8.76. The third-order valence-electron chi connectivity index (χ3n) is 5.74. The maximum absolute atomic E-state index is 13.0. The van der Waals surface area contributed by atoms with E-state index in [4.69, 9.17) is 11.6 Å². The summed E-state index contributed by atoms with van der Waals surface area (Å²) < 4.78 is 1.51. The topological polar surface area (TPSA) is 58.4 Å². The molecule has 2 aliphatic heterocycles. The van der Waals surface area contributed by atoms with Gasteiger partial charge in [-0.1, -0.05) is 11.6 Å². The van der Waals surface area contributed by atoms with Crippen LogP contribution in [0.4, 0.5) is 0 Å². The lowest BCUT2D eigenvalue weighted by atomic mass is 9.78. The van der Waals surface area contributed by atoms with E-state index in [1.807, 2.05) is 4.90 Å². The number of carbonyl (C=O) groups excluding carboxylic acids is 2. The van der Waals surface area contributed by atoms with Gasteiger partial charge in [-0.05, 0) is 38.0 Å². The molecule has 0 radical (unpaired) electrons. The smallest absolute Gasteiger partial charge is 0.273 e. The molecule has 3 heterocycles. The molecule has 1 aromatic heterocycles. The van der Waals surface area contributed by atoms with Crippen LogP contribution in [0.15, 0.2) is 6.20 Å². The number of halogens is 1. The molecule has 0 unspecified atom stereocenters. The number of aromatic nitrogens is 2. The van der Waals surface area contributed by atoms with Crippen LogP contribution in [0.5, 0.6) is 0 Å². The Labute approximate surface area is 146 Å². The molecule has 1 aliphatic carbocycles. The third kappa shape index (κ3) is 2.61. The quantitative estimate of drug-likeness (QED) is 0.837. The Bertz CT molecular complexity index is 665. The van der Waals surface area contributed by atoms with E-state index in [-0.39, 0.29) is 17.2 Å². The zero-order valence-electron chi connectivity index (χ0n) is 14.0. The zero-order valence-corrected chi connectivity index (χ0v) is 14.8. The van der Waals surface area contributed by atoms with Crippen molar-refractivity contribution in [3.63, 3.8) is 0 Å². The molecule has 1 spiro atoms. The van der Waals surface area contributed by atoms with E-state index >= 15 is 0 Å². The van der Waals surface area contributed by atoms with Gasteiger partial charge >= 0.3 is 0 Å². The molecule has 130 valence electrons. The first-order chi connectivity index (χ1) is 11.5. The maximum atomic E-state index is 13.0. The normalized spacial score (nSPS) is 27.3. The molecule has 3 aliphatic rings. The number of likely N-dealkylation sites (tertiary alicyclic amines) is 2. The lowest BCUT2D eigenvalue weighted by Crippen LogP contribution is -2.51. The van der Waals surface area contributed by atoms with Crippen LogP contribution in [0, 0.1) is 11.3 Å². The summed E-state index contributed by atoms with van der Waals surface area (Å²) in [6, 6.07) is 0. The SMILES string of the molecule is Cn1ncc(Cl)c1C(=O)N1CC[C@]2(CCCN(CC3CC3)C2=O)C1. The molecule has 0 bridgehead atoms. The van der Waals surface area contributed by atoms with Crippen molar-refractivity contribution in [3.05, 3.63) is 16.9 Å². The first-order valence-corrected chi connectivity index (χ1v) is 9.14. The van der Waals surface area contributed by atoms with Gasteiger partial charge in [0, 0.05) is 33.2 Å². The Balaban J connectivity index is 1.50. The number of carbonyl (C=O) groups is 2. The summed E-state index contributed by atoms with van der Waals surface area (Å²) in [6.07, 6.45) is 6.67. The lowest BCUT2D eigenvalue weighted by Gasteiger charge is -2.39. The van der Waals surface area contributed by atoms with Gasteiger partial charge in [-0.3, -0.25) is 14.3 Å². The van der Waals surface area contributed by atoms with Gasteiger partial charge < -0.3 is 9.80 Å². The molecule has 1 atom stereocenters. The van der Waals surface area contributed by atoms with E-state index in [0.29, 0.717) is 29.7 Å². The molecule has 3 fully saturated rings. The van der Waals surface area contributed by atoms with Crippen LogP contribution in [0.25, 0.3) is 0 Å². The first kappa shape index (κ1) is 15.9. The minimum atomic E-state index is -0.381. The minimum absolute atomic E-state index is 0.121. The molecule has 7 heteroatoms. The number of hydrogen-bond acceptors (Lipinski definition) is 3. The summed E-state index contributed by atoms with van der Waals surface area (Å²) in [4.78, 5) is 29.7. The standard InChI is InChI=1S/C17H23ClN4O2/c1-20-14(13(18)9-19-20)15(23)22-8-6-17(11-22)5-2-7-21(16(17)24)10-12-3-4-12/h9,12H,2-8,10-11H2,1H3/t17-/m1/s1. The summed E-state index contributed by atoms with van der Waals surface area (Å²) in [5, 5.41) is 4.41.